The zero-order valence-electron chi connectivity index (χ0n) is 15.8. The van der Waals surface area contributed by atoms with Gasteiger partial charge in [-0.15, -0.1) is 0 Å². The van der Waals surface area contributed by atoms with Gasteiger partial charge in [0.1, 0.15) is 11.3 Å². The number of benzene rings is 2. The van der Waals surface area contributed by atoms with Crippen LogP contribution in [0.15, 0.2) is 42.5 Å². The van der Waals surface area contributed by atoms with E-state index < -0.39 is 22.8 Å². The van der Waals surface area contributed by atoms with Crippen LogP contribution in [0, 0.1) is 5.41 Å². The van der Waals surface area contributed by atoms with Crippen LogP contribution in [0.5, 0.6) is 5.75 Å². The fourth-order valence-corrected chi connectivity index (χ4v) is 3.72. The highest BCUT2D eigenvalue weighted by Crippen LogP contribution is 2.51. The molecular formula is C21H25NO5. The molecule has 6 nitrogen and oxygen atoms in total. The molecule has 27 heavy (non-hydrogen) atoms. The van der Waals surface area contributed by atoms with Gasteiger partial charge in [0.2, 0.25) is 0 Å². The zero-order valence-corrected chi connectivity index (χ0v) is 15.8. The van der Waals surface area contributed by atoms with Crippen LogP contribution in [-0.4, -0.2) is 41.8 Å². The molecule has 0 heterocycles. The van der Waals surface area contributed by atoms with E-state index in [1.807, 2.05) is 43.3 Å². The molecule has 1 saturated carbocycles. The summed E-state index contributed by atoms with van der Waals surface area (Å²) in [6, 6.07) is 13.4. The fraction of sp³-hybridized carbons (Fsp3) is 0.429. The highest BCUT2D eigenvalue weighted by molar-refractivity contribution is 5.90. The smallest absolute Gasteiger partial charge is 0.330 e. The van der Waals surface area contributed by atoms with E-state index in [0.29, 0.717) is 12.4 Å². The summed E-state index contributed by atoms with van der Waals surface area (Å²) in [5.74, 6) is -0.954. The second-order valence-corrected chi connectivity index (χ2v) is 7.43. The molecule has 2 N–H and O–H groups in total. The Balaban J connectivity index is 1.66. The first-order valence-corrected chi connectivity index (χ1v) is 9.08. The Morgan fingerprint density at radius 3 is 2.52 bits per heavy atom. The maximum absolute atomic E-state index is 12.4. The number of carbonyl (C=O) groups excluding carboxylic acids is 1. The molecule has 0 aromatic heterocycles. The standard InChI is InChI=1S/C21H25NO5/c1-4-26-17-12-21(19(24)25,20(17,2)3)22-18(23)13-27-16-10-9-14-7-5-6-8-15(14)11-16/h5-11,17H,4,12-13H2,1-3H3,(H,22,23)(H,24,25). The van der Waals surface area contributed by atoms with E-state index in [1.165, 1.54) is 0 Å². The van der Waals surface area contributed by atoms with Gasteiger partial charge >= 0.3 is 5.97 Å². The normalized spacial score (nSPS) is 23.4. The van der Waals surface area contributed by atoms with Crippen LogP contribution >= 0.6 is 0 Å². The van der Waals surface area contributed by atoms with Gasteiger partial charge in [-0.25, -0.2) is 4.79 Å². The van der Waals surface area contributed by atoms with Crippen molar-refractivity contribution >= 4 is 22.6 Å². The minimum absolute atomic E-state index is 0.208. The third kappa shape index (κ3) is 3.37. The SMILES string of the molecule is CCOC1CC(NC(=O)COc2ccc3ccccc3c2)(C(=O)O)C1(C)C. The first-order valence-electron chi connectivity index (χ1n) is 9.08. The molecule has 6 heteroatoms. The molecule has 1 fully saturated rings. The molecular weight excluding hydrogens is 346 g/mol. The van der Waals surface area contributed by atoms with E-state index in [1.54, 1.807) is 19.9 Å². The Morgan fingerprint density at radius 2 is 1.89 bits per heavy atom. The molecule has 2 aromatic rings. The predicted molar refractivity (Wildman–Crippen MR) is 102 cm³/mol. The van der Waals surface area contributed by atoms with E-state index in [4.69, 9.17) is 9.47 Å². The molecule has 0 bridgehead atoms. The van der Waals surface area contributed by atoms with Crippen molar-refractivity contribution in [1.82, 2.24) is 5.32 Å². The number of hydrogen-bond acceptors (Lipinski definition) is 4. The number of hydrogen-bond donors (Lipinski definition) is 2. The summed E-state index contributed by atoms with van der Waals surface area (Å²) in [7, 11) is 0. The van der Waals surface area contributed by atoms with Crippen LogP contribution in [0.25, 0.3) is 10.8 Å². The van der Waals surface area contributed by atoms with E-state index >= 15 is 0 Å². The Hall–Kier alpha value is -2.60. The second-order valence-electron chi connectivity index (χ2n) is 7.43. The topological polar surface area (TPSA) is 84.9 Å². The van der Waals surface area contributed by atoms with Crippen LogP contribution in [-0.2, 0) is 14.3 Å². The Bertz CT molecular complexity index is 863. The van der Waals surface area contributed by atoms with Crippen molar-refractivity contribution in [2.75, 3.05) is 13.2 Å². The number of nitrogens with one attached hydrogen (secondary N) is 1. The van der Waals surface area contributed by atoms with Gasteiger partial charge in [0.25, 0.3) is 5.91 Å². The number of fused-ring (bicyclic) bond motifs is 1. The third-order valence-corrected chi connectivity index (χ3v) is 5.57. The maximum atomic E-state index is 12.4. The number of carboxylic acid groups (broad SMARTS) is 1. The lowest BCUT2D eigenvalue weighted by atomic mass is 9.54. The lowest BCUT2D eigenvalue weighted by Crippen LogP contribution is -2.76. The minimum atomic E-state index is -1.35. The summed E-state index contributed by atoms with van der Waals surface area (Å²) in [6.45, 7) is 5.73. The monoisotopic (exact) mass is 371 g/mol. The number of ether oxygens (including phenoxy) is 2. The first kappa shape index (κ1) is 19.2. The van der Waals surface area contributed by atoms with E-state index in [0.717, 1.165) is 10.8 Å². The summed E-state index contributed by atoms with van der Waals surface area (Å²) < 4.78 is 11.2. The van der Waals surface area contributed by atoms with Gasteiger partial charge < -0.3 is 19.9 Å². The lowest BCUT2D eigenvalue weighted by molar-refractivity contribution is -0.194. The predicted octanol–water partition coefficient (Wildman–Crippen LogP) is 2.99. The highest BCUT2D eigenvalue weighted by Gasteiger charge is 2.66. The minimum Gasteiger partial charge on any atom is -0.484 e. The maximum Gasteiger partial charge on any atom is 0.330 e. The van der Waals surface area contributed by atoms with Crippen LogP contribution < -0.4 is 10.1 Å². The van der Waals surface area contributed by atoms with Gasteiger partial charge in [0, 0.05) is 18.4 Å². The third-order valence-electron chi connectivity index (χ3n) is 5.57. The summed E-state index contributed by atoms with van der Waals surface area (Å²) in [4.78, 5) is 24.3. The van der Waals surface area contributed by atoms with E-state index in [2.05, 4.69) is 5.32 Å². The number of carboxylic acids is 1. The van der Waals surface area contributed by atoms with Gasteiger partial charge in [0.05, 0.1) is 6.10 Å². The molecule has 0 saturated heterocycles. The quantitative estimate of drug-likeness (QED) is 0.782. The van der Waals surface area contributed by atoms with Crippen molar-refractivity contribution in [3.05, 3.63) is 42.5 Å². The second kappa shape index (κ2) is 7.19. The van der Waals surface area contributed by atoms with Gasteiger partial charge in [0.15, 0.2) is 6.61 Å². The molecule has 3 rings (SSSR count). The Labute approximate surface area is 158 Å². The van der Waals surface area contributed by atoms with Gasteiger partial charge in [-0.3, -0.25) is 4.79 Å². The summed E-state index contributed by atoms with van der Waals surface area (Å²) in [5.41, 5.74) is -2.07. The largest absolute Gasteiger partial charge is 0.484 e. The van der Waals surface area contributed by atoms with Gasteiger partial charge in [-0.1, -0.05) is 44.2 Å². The average Bonchev–Trinajstić information content (AvgIpc) is 2.64. The number of aliphatic carboxylic acids is 1. The first-order chi connectivity index (χ1) is 12.8. The van der Waals surface area contributed by atoms with Crippen molar-refractivity contribution in [2.45, 2.75) is 38.8 Å². The molecule has 1 aliphatic rings. The molecule has 0 spiro atoms. The van der Waals surface area contributed by atoms with Crippen LogP contribution in [0.3, 0.4) is 0 Å². The van der Waals surface area contributed by atoms with Crippen molar-refractivity contribution in [3.63, 3.8) is 0 Å². The van der Waals surface area contributed by atoms with Crippen molar-refractivity contribution < 1.29 is 24.2 Å². The van der Waals surface area contributed by atoms with Crippen molar-refractivity contribution in [1.29, 1.82) is 0 Å². The van der Waals surface area contributed by atoms with Crippen molar-refractivity contribution in [3.8, 4) is 5.75 Å². The van der Waals surface area contributed by atoms with Crippen LogP contribution in [0.4, 0.5) is 0 Å². The molecule has 1 amide bonds. The summed E-state index contributed by atoms with van der Waals surface area (Å²) >= 11 is 0. The Morgan fingerprint density at radius 1 is 1.19 bits per heavy atom. The molecule has 0 aliphatic heterocycles. The number of rotatable bonds is 7. The molecule has 2 atom stereocenters. The molecule has 2 aromatic carbocycles. The van der Waals surface area contributed by atoms with Crippen LogP contribution in [0.2, 0.25) is 0 Å². The van der Waals surface area contributed by atoms with Crippen molar-refractivity contribution in [2.24, 2.45) is 5.41 Å². The highest BCUT2D eigenvalue weighted by atomic mass is 16.5. The molecule has 144 valence electrons. The van der Waals surface area contributed by atoms with Crippen LogP contribution in [0.1, 0.15) is 27.2 Å². The summed E-state index contributed by atoms with van der Waals surface area (Å²) in [5, 5.41) is 14.5. The number of carbonyl (C=O) groups is 2. The van der Waals surface area contributed by atoms with Gasteiger partial charge in [-0.05, 0) is 29.8 Å². The molecule has 1 aliphatic carbocycles. The Kier molecular flexibility index (Phi) is 5.11. The zero-order chi connectivity index (χ0) is 19.7. The summed E-state index contributed by atoms with van der Waals surface area (Å²) in [6.07, 6.45) is 0.0329. The number of amides is 1. The molecule has 2 unspecified atom stereocenters. The lowest BCUT2D eigenvalue weighted by Gasteiger charge is -2.58. The van der Waals surface area contributed by atoms with E-state index in [9.17, 15) is 14.7 Å². The van der Waals surface area contributed by atoms with Gasteiger partial charge in [-0.2, -0.15) is 0 Å². The fourth-order valence-electron chi connectivity index (χ4n) is 3.72. The molecule has 0 radical (unpaired) electrons. The van der Waals surface area contributed by atoms with E-state index in [-0.39, 0.29) is 19.1 Å². The average molecular weight is 371 g/mol.